The standard InChI is InChI=1S/C21H29N3O2/c1-23-15-21(8-6-19(23)25)9-12-24(13-10-21)20(26)18-5-3-2-4-17(18)16-7-11-22-14-16/h2-5,16,22H,6-15H2,1H3/t16-/m0/s1. The number of carbonyl (C=O) groups excluding carboxylic acids is 2. The average Bonchev–Trinajstić information content (AvgIpc) is 3.20. The molecule has 3 fully saturated rings. The Labute approximate surface area is 155 Å². The van der Waals surface area contributed by atoms with E-state index in [0.717, 1.165) is 64.0 Å². The molecule has 1 N–H and O–H groups in total. The van der Waals surface area contributed by atoms with E-state index in [1.165, 1.54) is 5.56 Å². The number of nitrogens with zero attached hydrogens (tertiary/aromatic N) is 2. The summed E-state index contributed by atoms with van der Waals surface area (Å²) in [6.45, 7) is 4.45. The molecule has 0 aromatic heterocycles. The molecule has 3 aliphatic rings. The Kier molecular flexibility index (Phi) is 4.74. The van der Waals surface area contributed by atoms with Crippen molar-refractivity contribution in [3.05, 3.63) is 35.4 Å². The first-order valence-corrected chi connectivity index (χ1v) is 9.91. The van der Waals surface area contributed by atoms with Gasteiger partial charge in [0.25, 0.3) is 5.91 Å². The zero-order valence-electron chi connectivity index (χ0n) is 15.7. The van der Waals surface area contributed by atoms with Crippen LogP contribution in [0.15, 0.2) is 24.3 Å². The van der Waals surface area contributed by atoms with Gasteiger partial charge in [-0.15, -0.1) is 0 Å². The summed E-state index contributed by atoms with van der Waals surface area (Å²) in [6.07, 6.45) is 4.74. The summed E-state index contributed by atoms with van der Waals surface area (Å²) < 4.78 is 0. The zero-order valence-corrected chi connectivity index (χ0v) is 15.7. The monoisotopic (exact) mass is 355 g/mol. The molecule has 1 spiro atoms. The molecule has 0 radical (unpaired) electrons. The number of likely N-dealkylation sites (tertiary alicyclic amines) is 2. The summed E-state index contributed by atoms with van der Waals surface area (Å²) in [7, 11) is 1.91. The SMILES string of the molecule is CN1CC2(CCC1=O)CCN(C(=O)c1ccccc1[C@H]1CCNC1)CC2. The molecule has 0 aliphatic carbocycles. The molecule has 26 heavy (non-hydrogen) atoms. The van der Waals surface area contributed by atoms with Crippen LogP contribution >= 0.6 is 0 Å². The Morgan fingerprint density at radius 3 is 2.65 bits per heavy atom. The number of carbonyl (C=O) groups is 2. The van der Waals surface area contributed by atoms with Gasteiger partial charge in [0.05, 0.1) is 0 Å². The van der Waals surface area contributed by atoms with Crippen LogP contribution in [0.3, 0.4) is 0 Å². The quantitative estimate of drug-likeness (QED) is 0.885. The molecule has 5 nitrogen and oxygen atoms in total. The minimum Gasteiger partial charge on any atom is -0.345 e. The van der Waals surface area contributed by atoms with Gasteiger partial charge in [0.2, 0.25) is 5.91 Å². The first-order chi connectivity index (χ1) is 12.6. The predicted octanol–water partition coefficient (Wildman–Crippen LogP) is 2.24. The van der Waals surface area contributed by atoms with Crippen molar-refractivity contribution in [2.24, 2.45) is 5.41 Å². The van der Waals surface area contributed by atoms with Crippen LogP contribution in [0, 0.1) is 5.41 Å². The van der Waals surface area contributed by atoms with E-state index in [2.05, 4.69) is 11.4 Å². The van der Waals surface area contributed by atoms with Crippen LogP contribution < -0.4 is 5.32 Å². The number of nitrogens with one attached hydrogen (secondary N) is 1. The third-order valence-electron chi connectivity index (χ3n) is 6.67. The fraction of sp³-hybridized carbons (Fsp3) is 0.619. The minimum atomic E-state index is 0.183. The molecule has 140 valence electrons. The van der Waals surface area contributed by atoms with Crippen LogP contribution in [-0.2, 0) is 4.79 Å². The minimum absolute atomic E-state index is 0.183. The molecule has 1 aromatic rings. The van der Waals surface area contributed by atoms with Gasteiger partial charge >= 0.3 is 0 Å². The van der Waals surface area contributed by atoms with Gasteiger partial charge in [0, 0.05) is 45.2 Å². The molecular weight excluding hydrogens is 326 g/mol. The Morgan fingerprint density at radius 2 is 1.96 bits per heavy atom. The normalized spacial score (nSPS) is 25.7. The van der Waals surface area contributed by atoms with Gasteiger partial charge in [-0.2, -0.15) is 0 Å². The third kappa shape index (κ3) is 3.25. The highest BCUT2D eigenvalue weighted by Gasteiger charge is 2.41. The van der Waals surface area contributed by atoms with Crippen LogP contribution in [0.1, 0.15) is 53.9 Å². The van der Waals surface area contributed by atoms with E-state index in [1.54, 1.807) is 0 Å². The molecule has 0 unspecified atom stereocenters. The molecule has 2 amide bonds. The Hall–Kier alpha value is -1.88. The molecule has 0 bridgehead atoms. The van der Waals surface area contributed by atoms with Crippen molar-refractivity contribution in [3.63, 3.8) is 0 Å². The summed E-state index contributed by atoms with van der Waals surface area (Å²) in [4.78, 5) is 28.9. The smallest absolute Gasteiger partial charge is 0.254 e. The lowest BCUT2D eigenvalue weighted by Crippen LogP contribution is -2.51. The van der Waals surface area contributed by atoms with Crippen molar-refractivity contribution in [2.45, 2.75) is 38.0 Å². The van der Waals surface area contributed by atoms with Gasteiger partial charge in [-0.3, -0.25) is 9.59 Å². The molecular formula is C21H29N3O2. The predicted molar refractivity (Wildman–Crippen MR) is 101 cm³/mol. The summed E-state index contributed by atoms with van der Waals surface area (Å²) in [6, 6.07) is 8.14. The van der Waals surface area contributed by atoms with E-state index in [4.69, 9.17) is 0 Å². The van der Waals surface area contributed by atoms with Crippen LogP contribution in [0.5, 0.6) is 0 Å². The van der Waals surface area contributed by atoms with E-state index >= 15 is 0 Å². The highest BCUT2D eigenvalue weighted by molar-refractivity contribution is 5.96. The van der Waals surface area contributed by atoms with Crippen LogP contribution in [0.2, 0.25) is 0 Å². The number of hydrogen-bond acceptors (Lipinski definition) is 3. The van der Waals surface area contributed by atoms with Crippen molar-refractivity contribution in [1.82, 2.24) is 15.1 Å². The van der Waals surface area contributed by atoms with Crippen molar-refractivity contribution in [2.75, 3.05) is 39.8 Å². The molecule has 1 aromatic carbocycles. The third-order valence-corrected chi connectivity index (χ3v) is 6.67. The van der Waals surface area contributed by atoms with Crippen molar-refractivity contribution >= 4 is 11.8 Å². The van der Waals surface area contributed by atoms with Gasteiger partial charge in [0.1, 0.15) is 0 Å². The summed E-state index contributed by atoms with van der Waals surface area (Å²) >= 11 is 0. The number of piperidine rings is 2. The van der Waals surface area contributed by atoms with E-state index in [1.807, 2.05) is 35.0 Å². The van der Waals surface area contributed by atoms with Gasteiger partial charge in [-0.1, -0.05) is 18.2 Å². The number of rotatable bonds is 2. The maximum Gasteiger partial charge on any atom is 0.254 e. The fourth-order valence-corrected chi connectivity index (χ4v) is 4.96. The van der Waals surface area contributed by atoms with E-state index in [-0.39, 0.29) is 17.2 Å². The first-order valence-electron chi connectivity index (χ1n) is 9.91. The largest absolute Gasteiger partial charge is 0.345 e. The van der Waals surface area contributed by atoms with Gasteiger partial charge in [-0.25, -0.2) is 0 Å². The highest BCUT2D eigenvalue weighted by atomic mass is 16.2. The Balaban J connectivity index is 1.45. The molecule has 3 saturated heterocycles. The lowest BCUT2D eigenvalue weighted by atomic mass is 9.72. The maximum atomic E-state index is 13.2. The zero-order chi connectivity index (χ0) is 18.1. The van der Waals surface area contributed by atoms with E-state index in [0.29, 0.717) is 12.3 Å². The van der Waals surface area contributed by atoms with Crippen LogP contribution in [0.4, 0.5) is 0 Å². The number of hydrogen-bond donors (Lipinski definition) is 1. The molecule has 5 heteroatoms. The number of benzene rings is 1. The molecule has 4 rings (SSSR count). The molecule has 3 heterocycles. The van der Waals surface area contributed by atoms with Gasteiger partial charge < -0.3 is 15.1 Å². The van der Waals surface area contributed by atoms with Gasteiger partial charge in [-0.05, 0) is 55.2 Å². The summed E-state index contributed by atoms with van der Waals surface area (Å²) in [5.74, 6) is 0.889. The fourth-order valence-electron chi connectivity index (χ4n) is 4.96. The summed E-state index contributed by atoms with van der Waals surface area (Å²) in [5, 5.41) is 3.41. The van der Waals surface area contributed by atoms with Crippen LogP contribution in [0.25, 0.3) is 0 Å². The van der Waals surface area contributed by atoms with Crippen molar-refractivity contribution in [1.29, 1.82) is 0 Å². The lowest BCUT2D eigenvalue weighted by molar-refractivity contribution is -0.137. The number of amides is 2. The Morgan fingerprint density at radius 1 is 1.19 bits per heavy atom. The van der Waals surface area contributed by atoms with E-state index in [9.17, 15) is 9.59 Å². The second-order valence-corrected chi connectivity index (χ2v) is 8.32. The topological polar surface area (TPSA) is 52.7 Å². The lowest BCUT2D eigenvalue weighted by Gasteiger charge is -2.46. The Bertz CT molecular complexity index is 688. The maximum absolute atomic E-state index is 13.2. The molecule has 0 saturated carbocycles. The van der Waals surface area contributed by atoms with E-state index < -0.39 is 0 Å². The molecule has 1 atom stereocenters. The summed E-state index contributed by atoms with van der Waals surface area (Å²) in [5.41, 5.74) is 2.30. The van der Waals surface area contributed by atoms with Crippen LogP contribution in [-0.4, -0.2) is 61.4 Å². The molecule has 3 aliphatic heterocycles. The average molecular weight is 355 g/mol. The van der Waals surface area contributed by atoms with Crippen molar-refractivity contribution in [3.8, 4) is 0 Å². The van der Waals surface area contributed by atoms with Crippen molar-refractivity contribution < 1.29 is 9.59 Å². The second kappa shape index (κ2) is 7.03. The van der Waals surface area contributed by atoms with Gasteiger partial charge in [0.15, 0.2) is 0 Å². The first kappa shape index (κ1) is 17.5. The second-order valence-electron chi connectivity index (χ2n) is 8.32. The highest BCUT2D eigenvalue weighted by Crippen LogP contribution is 2.40.